The number of nitrogens with one attached hydrogen (secondary N) is 1. The highest BCUT2D eigenvalue weighted by Crippen LogP contribution is 2.39. The van der Waals surface area contributed by atoms with E-state index >= 15 is 0 Å². The predicted octanol–water partition coefficient (Wildman–Crippen LogP) is 6.77. The number of anilines is 1. The second-order valence-corrected chi connectivity index (χ2v) is 9.62. The lowest BCUT2D eigenvalue weighted by molar-refractivity contribution is 0.194. The minimum atomic E-state index is -0.371. The molecule has 0 saturated carbocycles. The van der Waals surface area contributed by atoms with E-state index in [1.54, 1.807) is 13.2 Å². The molecular formula is C30H26ClN5O2. The Morgan fingerprint density at radius 3 is 2.55 bits per heavy atom. The van der Waals surface area contributed by atoms with Crippen molar-refractivity contribution in [2.75, 3.05) is 12.4 Å². The highest BCUT2D eigenvalue weighted by atomic mass is 35.5. The zero-order valence-corrected chi connectivity index (χ0v) is 21.8. The number of halogens is 1. The molecule has 1 aliphatic rings. The summed E-state index contributed by atoms with van der Waals surface area (Å²) >= 11 is 6.24. The van der Waals surface area contributed by atoms with Gasteiger partial charge in [-0.15, -0.1) is 0 Å². The van der Waals surface area contributed by atoms with Gasteiger partial charge in [-0.05, 0) is 61.0 Å². The Hall–Kier alpha value is -4.49. The van der Waals surface area contributed by atoms with Crippen molar-refractivity contribution in [3.63, 3.8) is 0 Å². The molecule has 190 valence electrons. The summed E-state index contributed by atoms with van der Waals surface area (Å²) in [5.74, 6) is 1.59. The number of hydrogen-bond donors (Lipinski definition) is 1. The summed E-state index contributed by atoms with van der Waals surface area (Å²) in [6.45, 7) is 2.35. The first kappa shape index (κ1) is 23.9. The Morgan fingerprint density at radius 1 is 1.00 bits per heavy atom. The number of para-hydroxylation sites is 1. The molecule has 3 aromatic carbocycles. The van der Waals surface area contributed by atoms with Crippen LogP contribution in [0.2, 0.25) is 5.02 Å². The van der Waals surface area contributed by atoms with Crippen LogP contribution in [0.3, 0.4) is 0 Å². The third-order valence-electron chi connectivity index (χ3n) is 6.85. The van der Waals surface area contributed by atoms with Crippen molar-refractivity contribution < 1.29 is 9.53 Å². The number of methoxy groups -OCH3 is 1. The maximum absolute atomic E-state index is 14.0. The van der Waals surface area contributed by atoms with Crippen LogP contribution in [0.4, 0.5) is 10.5 Å². The smallest absolute Gasteiger partial charge is 0.322 e. The van der Waals surface area contributed by atoms with Crippen LogP contribution in [0.1, 0.15) is 28.6 Å². The average Bonchev–Trinajstić information content (AvgIpc) is 3.50. The van der Waals surface area contributed by atoms with Crippen LogP contribution in [-0.4, -0.2) is 32.4 Å². The first-order valence-electron chi connectivity index (χ1n) is 12.3. The molecule has 7 nitrogen and oxygen atoms in total. The first-order valence-corrected chi connectivity index (χ1v) is 12.7. The third kappa shape index (κ3) is 4.21. The van der Waals surface area contributed by atoms with Crippen LogP contribution in [0.25, 0.3) is 11.5 Å². The predicted molar refractivity (Wildman–Crippen MR) is 148 cm³/mol. The zero-order chi connectivity index (χ0) is 26.2. The van der Waals surface area contributed by atoms with Crippen molar-refractivity contribution in [1.29, 1.82) is 0 Å². The molecule has 1 aliphatic heterocycles. The molecule has 1 N–H and O–H groups in total. The Kier molecular flexibility index (Phi) is 6.13. The number of carbonyl (C=O) groups excluding carboxylic acids is 1. The number of hydrogen-bond acceptors (Lipinski definition) is 3. The van der Waals surface area contributed by atoms with E-state index in [2.05, 4.69) is 16.0 Å². The van der Waals surface area contributed by atoms with Gasteiger partial charge in [0.2, 0.25) is 0 Å². The number of rotatable bonds is 4. The van der Waals surface area contributed by atoms with E-state index < -0.39 is 0 Å². The number of ether oxygens (including phenoxy) is 1. The van der Waals surface area contributed by atoms with Gasteiger partial charge >= 0.3 is 6.03 Å². The second kappa shape index (κ2) is 9.76. The lowest BCUT2D eigenvalue weighted by Gasteiger charge is -2.31. The minimum absolute atomic E-state index is 0.231. The lowest BCUT2D eigenvalue weighted by atomic mass is 10.0. The van der Waals surface area contributed by atoms with Gasteiger partial charge in [-0.1, -0.05) is 48.0 Å². The van der Waals surface area contributed by atoms with Crippen molar-refractivity contribution in [1.82, 2.24) is 19.2 Å². The summed E-state index contributed by atoms with van der Waals surface area (Å²) in [5, 5.41) is 8.62. The molecule has 3 heterocycles. The number of nitrogens with zero attached hydrogens (tertiary/aromatic N) is 4. The van der Waals surface area contributed by atoms with Crippen LogP contribution < -0.4 is 10.1 Å². The second-order valence-electron chi connectivity index (χ2n) is 9.18. The van der Waals surface area contributed by atoms with Crippen molar-refractivity contribution in [3.05, 3.63) is 125 Å². The monoisotopic (exact) mass is 523 g/mol. The molecule has 0 fully saturated rings. The number of fused-ring (bicyclic) bond motifs is 3. The molecule has 0 radical (unpaired) electrons. The van der Waals surface area contributed by atoms with Crippen molar-refractivity contribution in [3.8, 4) is 17.3 Å². The third-order valence-corrected chi connectivity index (χ3v) is 7.11. The van der Waals surface area contributed by atoms with Gasteiger partial charge in [0.1, 0.15) is 11.6 Å². The number of amides is 2. The molecule has 0 spiro atoms. The van der Waals surface area contributed by atoms with E-state index in [4.69, 9.17) is 21.4 Å². The highest BCUT2D eigenvalue weighted by molar-refractivity contribution is 6.30. The zero-order valence-electron chi connectivity index (χ0n) is 21.0. The van der Waals surface area contributed by atoms with Crippen LogP contribution in [-0.2, 0) is 6.54 Å². The maximum Gasteiger partial charge on any atom is 0.322 e. The highest BCUT2D eigenvalue weighted by Gasteiger charge is 2.36. The minimum Gasteiger partial charge on any atom is -0.497 e. The number of aromatic nitrogens is 3. The molecule has 0 unspecified atom stereocenters. The van der Waals surface area contributed by atoms with E-state index in [9.17, 15) is 4.79 Å². The molecule has 2 aromatic heterocycles. The van der Waals surface area contributed by atoms with E-state index in [1.807, 2.05) is 102 Å². The van der Waals surface area contributed by atoms with Crippen LogP contribution in [0.15, 0.2) is 97.2 Å². The maximum atomic E-state index is 14.0. The first-order chi connectivity index (χ1) is 18.5. The summed E-state index contributed by atoms with van der Waals surface area (Å²) in [6, 6.07) is 28.5. The van der Waals surface area contributed by atoms with Gasteiger partial charge in [0.15, 0.2) is 0 Å². The number of carbonyl (C=O) groups is 1. The van der Waals surface area contributed by atoms with Crippen molar-refractivity contribution in [2.24, 2.45) is 0 Å². The number of aryl methyl sites for hydroxylation is 1. The average molecular weight is 524 g/mol. The largest absolute Gasteiger partial charge is 0.497 e. The molecule has 1 atom stereocenters. The normalized spacial score (nSPS) is 14.4. The lowest BCUT2D eigenvalue weighted by Crippen LogP contribution is -2.38. The molecule has 5 aromatic rings. The molecular weight excluding hydrogens is 498 g/mol. The van der Waals surface area contributed by atoms with Gasteiger partial charge in [0, 0.05) is 28.5 Å². The Balaban J connectivity index is 1.52. The van der Waals surface area contributed by atoms with Crippen molar-refractivity contribution in [2.45, 2.75) is 19.5 Å². The molecule has 0 aliphatic carbocycles. The van der Waals surface area contributed by atoms with E-state index in [1.165, 1.54) is 0 Å². The van der Waals surface area contributed by atoms with Crippen molar-refractivity contribution >= 4 is 23.3 Å². The Morgan fingerprint density at radius 2 is 1.79 bits per heavy atom. The fourth-order valence-corrected chi connectivity index (χ4v) is 5.17. The fourth-order valence-electron chi connectivity index (χ4n) is 5.04. The SMILES string of the molecule is COc1cccc(NC(=O)N2Cc3c(C)nn(-c4ccccc4)c3-n3cccc3[C@@H]2c2ccc(Cl)cc2)c1. The molecule has 6 rings (SSSR count). The summed E-state index contributed by atoms with van der Waals surface area (Å²) in [6.07, 6.45) is 2.03. The summed E-state index contributed by atoms with van der Waals surface area (Å²) in [5.41, 5.74) is 5.35. The molecule has 2 amide bonds. The molecule has 38 heavy (non-hydrogen) atoms. The van der Waals surface area contributed by atoms with Gasteiger partial charge in [0.05, 0.1) is 36.8 Å². The number of urea groups is 1. The molecule has 0 saturated heterocycles. The Labute approximate surface area is 225 Å². The van der Waals surface area contributed by atoms with Crippen LogP contribution in [0, 0.1) is 6.92 Å². The van der Waals surface area contributed by atoms with Gasteiger partial charge in [0.25, 0.3) is 0 Å². The standard InChI is InChI=1S/C30H26ClN5O2/c1-20-26-19-35(30(37)32-23-8-6-11-25(18-23)38-2)28(21-13-15-22(31)16-14-21)27-12-7-17-34(27)29(26)36(33-20)24-9-4-3-5-10-24/h3-18,28H,19H2,1-2H3,(H,32,37)/t28-/m0/s1. The fraction of sp³-hybridized carbons (Fsp3) is 0.133. The summed E-state index contributed by atoms with van der Waals surface area (Å²) < 4.78 is 9.45. The van der Waals surface area contributed by atoms with Crippen LogP contribution in [0.5, 0.6) is 5.75 Å². The van der Waals surface area contributed by atoms with E-state index in [0.29, 0.717) is 23.0 Å². The molecule has 0 bridgehead atoms. The van der Waals surface area contributed by atoms with Crippen LogP contribution >= 0.6 is 11.6 Å². The molecule has 8 heteroatoms. The van der Waals surface area contributed by atoms with Gasteiger partial charge in [-0.2, -0.15) is 5.10 Å². The quantitative estimate of drug-likeness (QED) is 0.283. The Bertz CT molecular complexity index is 1610. The van der Waals surface area contributed by atoms with E-state index in [-0.39, 0.29) is 12.1 Å². The summed E-state index contributed by atoms with van der Waals surface area (Å²) in [7, 11) is 1.61. The number of benzene rings is 3. The van der Waals surface area contributed by atoms with Gasteiger partial charge < -0.3 is 19.5 Å². The topological polar surface area (TPSA) is 64.3 Å². The van der Waals surface area contributed by atoms with E-state index in [0.717, 1.165) is 34.0 Å². The van der Waals surface area contributed by atoms with Gasteiger partial charge in [-0.3, -0.25) is 0 Å². The summed E-state index contributed by atoms with van der Waals surface area (Å²) in [4.78, 5) is 15.9. The van der Waals surface area contributed by atoms with Gasteiger partial charge in [-0.25, -0.2) is 9.48 Å².